The molecule has 1 saturated heterocycles. The summed E-state index contributed by atoms with van der Waals surface area (Å²) in [5.74, 6) is 0. The second-order valence-corrected chi connectivity index (χ2v) is 3.19. The van der Waals surface area contributed by atoms with Crippen LogP contribution < -0.4 is 5.73 Å². The van der Waals surface area contributed by atoms with Crippen LogP contribution >= 0.6 is 0 Å². The van der Waals surface area contributed by atoms with Crippen molar-refractivity contribution in [1.29, 1.82) is 0 Å². The standard InChI is InChI=1S/C8H17NO3/c9-5-8-7(11)2-1-6(12-8)3-4-10/h6-8,10-11H,1-5,9H2/t6-,7-,8+/m0/s1. The summed E-state index contributed by atoms with van der Waals surface area (Å²) in [7, 11) is 0. The molecular weight excluding hydrogens is 158 g/mol. The normalized spacial score (nSPS) is 36.8. The Morgan fingerprint density at radius 1 is 1.42 bits per heavy atom. The second kappa shape index (κ2) is 4.77. The number of hydrogen-bond acceptors (Lipinski definition) is 4. The van der Waals surface area contributed by atoms with Gasteiger partial charge in [0, 0.05) is 13.2 Å². The molecule has 3 atom stereocenters. The molecule has 0 aromatic heterocycles. The van der Waals surface area contributed by atoms with Crippen molar-refractivity contribution in [3.63, 3.8) is 0 Å². The van der Waals surface area contributed by atoms with Gasteiger partial charge in [-0.25, -0.2) is 0 Å². The smallest absolute Gasteiger partial charge is 0.0959 e. The van der Waals surface area contributed by atoms with E-state index in [1.54, 1.807) is 0 Å². The Balaban J connectivity index is 2.33. The summed E-state index contributed by atoms with van der Waals surface area (Å²) in [4.78, 5) is 0. The van der Waals surface area contributed by atoms with E-state index in [-0.39, 0.29) is 18.8 Å². The number of rotatable bonds is 3. The zero-order valence-corrected chi connectivity index (χ0v) is 7.15. The summed E-state index contributed by atoms with van der Waals surface area (Å²) in [6, 6.07) is 0. The molecule has 0 saturated carbocycles. The summed E-state index contributed by atoms with van der Waals surface area (Å²) in [6.07, 6.45) is 1.60. The van der Waals surface area contributed by atoms with Crippen LogP contribution in [0.4, 0.5) is 0 Å². The highest BCUT2D eigenvalue weighted by Gasteiger charge is 2.28. The van der Waals surface area contributed by atoms with Gasteiger partial charge in [-0.3, -0.25) is 0 Å². The van der Waals surface area contributed by atoms with Crippen LogP contribution in [-0.4, -0.2) is 41.7 Å². The van der Waals surface area contributed by atoms with Crippen molar-refractivity contribution >= 4 is 0 Å². The van der Waals surface area contributed by atoms with E-state index in [0.29, 0.717) is 13.0 Å². The molecule has 4 nitrogen and oxygen atoms in total. The van der Waals surface area contributed by atoms with Crippen molar-refractivity contribution in [2.24, 2.45) is 5.73 Å². The molecule has 4 heteroatoms. The van der Waals surface area contributed by atoms with Crippen LogP contribution in [0.3, 0.4) is 0 Å². The molecule has 1 aliphatic rings. The van der Waals surface area contributed by atoms with E-state index in [4.69, 9.17) is 15.6 Å². The molecule has 72 valence electrons. The summed E-state index contributed by atoms with van der Waals surface area (Å²) >= 11 is 0. The van der Waals surface area contributed by atoms with E-state index < -0.39 is 6.10 Å². The van der Waals surface area contributed by atoms with Gasteiger partial charge in [0.05, 0.1) is 18.3 Å². The van der Waals surface area contributed by atoms with Crippen LogP contribution in [0.2, 0.25) is 0 Å². The van der Waals surface area contributed by atoms with Gasteiger partial charge in [-0.1, -0.05) is 0 Å². The lowest BCUT2D eigenvalue weighted by Crippen LogP contribution is -2.43. The van der Waals surface area contributed by atoms with Crippen molar-refractivity contribution in [1.82, 2.24) is 0 Å². The third-order valence-corrected chi connectivity index (χ3v) is 2.26. The maximum absolute atomic E-state index is 9.39. The molecule has 0 radical (unpaired) electrons. The van der Waals surface area contributed by atoms with Gasteiger partial charge in [0.25, 0.3) is 0 Å². The molecule has 0 bridgehead atoms. The highest BCUT2D eigenvalue weighted by molar-refractivity contribution is 4.78. The first-order valence-corrected chi connectivity index (χ1v) is 4.42. The van der Waals surface area contributed by atoms with Crippen molar-refractivity contribution in [3.8, 4) is 0 Å². The lowest BCUT2D eigenvalue weighted by Gasteiger charge is -2.32. The Labute approximate surface area is 72.3 Å². The first-order chi connectivity index (χ1) is 5.77. The molecule has 0 amide bonds. The van der Waals surface area contributed by atoms with E-state index in [9.17, 15) is 5.11 Å². The average molecular weight is 175 g/mol. The zero-order valence-electron chi connectivity index (χ0n) is 7.15. The maximum Gasteiger partial charge on any atom is 0.0959 e. The molecule has 0 spiro atoms. The van der Waals surface area contributed by atoms with Gasteiger partial charge in [-0.2, -0.15) is 0 Å². The molecule has 4 N–H and O–H groups in total. The van der Waals surface area contributed by atoms with Gasteiger partial charge < -0.3 is 20.7 Å². The molecule has 1 heterocycles. The Bertz CT molecular complexity index is 131. The van der Waals surface area contributed by atoms with Gasteiger partial charge in [0.15, 0.2) is 0 Å². The fraction of sp³-hybridized carbons (Fsp3) is 1.00. The third kappa shape index (κ3) is 2.42. The van der Waals surface area contributed by atoms with Gasteiger partial charge in [-0.05, 0) is 19.3 Å². The fourth-order valence-electron chi connectivity index (χ4n) is 1.52. The van der Waals surface area contributed by atoms with Crippen LogP contribution in [0.25, 0.3) is 0 Å². The number of ether oxygens (including phenoxy) is 1. The molecule has 0 unspecified atom stereocenters. The lowest BCUT2D eigenvalue weighted by atomic mass is 9.99. The predicted molar refractivity (Wildman–Crippen MR) is 44.7 cm³/mol. The summed E-state index contributed by atoms with van der Waals surface area (Å²) in [6.45, 7) is 0.487. The van der Waals surface area contributed by atoms with Crippen LogP contribution in [-0.2, 0) is 4.74 Å². The van der Waals surface area contributed by atoms with E-state index in [2.05, 4.69) is 0 Å². The maximum atomic E-state index is 9.39. The molecular formula is C8H17NO3. The van der Waals surface area contributed by atoms with E-state index in [1.165, 1.54) is 0 Å². The molecule has 0 aromatic carbocycles. The van der Waals surface area contributed by atoms with Crippen molar-refractivity contribution in [2.45, 2.75) is 37.6 Å². The van der Waals surface area contributed by atoms with E-state index >= 15 is 0 Å². The Morgan fingerprint density at radius 2 is 2.17 bits per heavy atom. The summed E-state index contributed by atoms with van der Waals surface area (Å²) in [5.41, 5.74) is 5.40. The van der Waals surface area contributed by atoms with Gasteiger partial charge in [-0.15, -0.1) is 0 Å². The monoisotopic (exact) mass is 175 g/mol. The quantitative estimate of drug-likeness (QED) is 0.527. The first kappa shape index (κ1) is 9.92. The minimum Gasteiger partial charge on any atom is -0.396 e. The van der Waals surface area contributed by atoms with Crippen LogP contribution in [0, 0.1) is 0 Å². The molecule has 0 aliphatic carbocycles. The first-order valence-electron chi connectivity index (χ1n) is 4.42. The van der Waals surface area contributed by atoms with Crippen LogP contribution in [0.1, 0.15) is 19.3 Å². The van der Waals surface area contributed by atoms with Crippen molar-refractivity contribution < 1.29 is 14.9 Å². The second-order valence-electron chi connectivity index (χ2n) is 3.19. The zero-order chi connectivity index (χ0) is 8.97. The number of hydrogen-bond donors (Lipinski definition) is 3. The summed E-state index contributed by atoms with van der Waals surface area (Å²) < 4.78 is 5.45. The van der Waals surface area contributed by atoms with E-state index in [0.717, 1.165) is 12.8 Å². The predicted octanol–water partition coefficient (Wildman–Crippen LogP) is -0.764. The van der Waals surface area contributed by atoms with Crippen LogP contribution in [0.5, 0.6) is 0 Å². The number of aliphatic hydroxyl groups is 2. The van der Waals surface area contributed by atoms with Gasteiger partial charge >= 0.3 is 0 Å². The van der Waals surface area contributed by atoms with Crippen molar-refractivity contribution in [2.75, 3.05) is 13.2 Å². The lowest BCUT2D eigenvalue weighted by molar-refractivity contribution is -0.117. The molecule has 1 aliphatic heterocycles. The highest BCUT2D eigenvalue weighted by atomic mass is 16.5. The Hall–Kier alpha value is -0.160. The van der Waals surface area contributed by atoms with E-state index in [1.807, 2.05) is 0 Å². The van der Waals surface area contributed by atoms with Crippen molar-refractivity contribution in [3.05, 3.63) is 0 Å². The Morgan fingerprint density at radius 3 is 2.75 bits per heavy atom. The SMILES string of the molecule is NC[C@H]1O[C@H](CCO)CC[C@@H]1O. The highest BCUT2D eigenvalue weighted by Crippen LogP contribution is 2.20. The summed E-state index contributed by atoms with van der Waals surface area (Å²) in [5, 5.41) is 18.1. The average Bonchev–Trinajstić information content (AvgIpc) is 2.09. The third-order valence-electron chi connectivity index (χ3n) is 2.26. The Kier molecular flexibility index (Phi) is 3.94. The minimum atomic E-state index is -0.426. The largest absolute Gasteiger partial charge is 0.396 e. The molecule has 12 heavy (non-hydrogen) atoms. The molecule has 1 fully saturated rings. The minimum absolute atomic E-state index is 0.0759. The number of nitrogens with two attached hydrogens (primary N) is 1. The topological polar surface area (TPSA) is 75.7 Å². The van der Waals surface area contributed by atoms with Crippen LogP contribution in [0.15, 0.2) is 0 Å². The molecule has 1 rings (SSSR count). The van der Waals surface area contributed by atoms with Gasteiger partial charge in [0.1, 0.15) is 0 Å². The molecule has 0 aromatic rings. The van der Waals surface area contributed by atoms with Gasteiger partial charge in [0.2, 0.25) is 0 Å². The fourth-order valence-corrected chi connectivity index (χ4v) is 1.52. The number of aliphatic hydroxyl groups excluding tert-OH is 2.